The fourth-order valence-electron chi connectivity index (χ4n) is 0. The summed E-state index contributed by atoms with van der Waals surface area (Å²) in [5, 5.41) is 0. The number of rotatable bonds is 0. The van der Waals surface area contributed by atoms with Gasteiger partial charge in [0.15, 0.2) is 0 Å². The van der Waals surface area contributed by atoms with Crippen molar-refractivity contribution in [3.8, 4) is 0 Å². The molecule has 0 aliphatic heterocycles. The van der Waals surface area contributed by atoms with E-state index in [0.29, 0.717) is 0 Å². The minimum absolute atomic E-state index is 0. The second-order valence-corrected chi connectivity index (χ2v) is 0.245. The van der Waals surface area contributed by atoms with Crippen molar-refractivity contribution in [2.24, 2.45) is 0 Å². The number of thiol groups is 1. The summed E-state index contributed by atoms with van der Waals surface area (Å²) in [6.07, 6.45) is 0. The van der Waals surface area contributed by atoms with E-state index in [-0.39, 0.29) is 37.7 Å². The Kier molecular flexibility index (Phi) is 19.9. The van der Waals surface area contributed by atoms with Gasteiger partial charge in [0, 0.05) is 0 Å². The fourth-order valence-corrected chi connectivity index (χ4v) is 0. The van der Waals surface area contributed by atoms with E-state index in [9.17, 15) is 0 Å². The van der Waals surface area contributed by atoms with Crippen molar-refractivity contribution in [2.45, 2.75) is 0 Å². The van der Waals surface area contributed by atoms with Gasteiger partial charge in [0.1, 0.15) is 11.9 Å². The van der Waals surface area contributed by atoms with Gasteiger partial charge in [-0.3, -0.25) is 0 Å². The van der Waals surface area contributed by atoms with Crippen molar-refractivity contribution in [3.63, 3.8) is 0 Å². The first-order valence-electron chi connectivity index (χ1n) is 0.383. The van der Waals surface area contributed by atoms with Crippen molar-refractivity contribution < 1.29 is 8.76 Å². The van der Waals surface area contributed by atoms with E-state index in [0.717, 1.165) is 0 Å². The quantitative estimate of drug-likeness (QED) is 0.225. The van der Waals surface area contributed by atoms with Crippen LogP contribution in [0.1, 0.15) is 0 Å². The molecule has 0 atom stereocenters. The molecule has 0 radical (unpaired) electrons. The molecule has 4 heavy (non-hydrogen) atoms. The Labute approximate surface area is 57.9 Å². The predicted octanol–water partition coefficient (Wildman–Crippen LogP) is -1.51. The van der Waals surface area contributed by atoms with Crippen LogP contribution in [-0.2, 0) is 11.9 Å². The van der Waals surface area contributed by atoms with Gasteiger partial charge in [-0.05, 0) is 0 Å². The monoisotopic (exact) mass is 108 g/mol. The van der Waals surface area contributed by atoms with Gasteiger partial charge in [-0.15, -0.1) is 0 Å². The molecule has 0 bridgehead atoms. The molecular formula is H4CaO2S. The molecular weight excluding hydrogens is 104 g/mol. The summed E-state index contributed by atoms with van der Waals surface area (Å²) in [4.78, 5) is 0. The molecule has 0 aromatic carbocycles. The third-order valence-electron chi connectivity index (χ3n) is 0. The first-order chi connectivity index (χ1) is 1.41. The Morgan fingerprint density at radius 1 is 1.75 bits per heavy atom. The van der Waals surface area contributed by atoms with Gasteiger partial charge in [0.2, 0.25) is 0 Å². The molecule has 0 unspecified atom stereocenters. The summed E-state index contributed by atoms with van der Waals surface area (Å²) in [7, 11) is 0. The van der Waals surface area contributed by atoms with Crippen LogP contribution in [0.3, 0.4) is 0 Å². The maximum atomic E-state index is 8.46. The standard InChI is InChI=1S/Ca.H2O2S.2H/c;1-3-2;;/h;3H,(H,1,2);;. The van der Waals surface area contributed by atoms with Crippen molar-refractivity contribution in [1.82, 2.24) is 0 Å². The van der Waals surface area contributed by atoms with Crippen molar-refractivity contribution in [3.05, 3.63) is 0 Å². The third-order valence-corrected chi connectivity index (χ3v) is 0. The zero-order chi connectivity index (χ0) is 2.71. The summed E-state index contributed by atoms with van der Waals surface area (Å²) in [6, 6.07) is 0. The Morgan fingerprint density at radius 3 is 1.75 bits per heavy atom. The molecule has 0 amide bonds. The van der Waals surface area contributed by atoms with Gasteiger partial charge >= 0.3 is 37.7 Å². The first kappa shape index (κ1) is 9.03. The van der Waals surface area contributed by atoms with E-state index < -0.39 is 11.9 Å². The normalized spacial score (nSPS) is 4.25. The minimum atomic E-state index is -0.833. The molecule has 0 saturated carbocycles. The molecule has 0 heterocycles. The SMILES string of the molecule is O=[SH]O.[CaH2]. The van der Waals surface area contributed by atoms with Crippen LogP contribution in [0.15, 0.2) is 0 Å². The molecule has 4 heteroatoms. The fraction of sp³-hybridized carbons (Fsp3) is 0. The Bertz CT molecular complexity index is 13.5. The van der Waals surface area contributed by atoms with Gasteiger partial charge in [0.05, 0.1) is 0 Å². The van der Waals surface area contributed by atoms with Gasteiger partial charge < -0.3 is 4.55 Å². The zero-order valence-corrected chi connectivity index (χ0v) is 2.20. The van der Waals surface area contributed by atoms with Crippen LogP contribution < -0.4 is 0 Å². The maximum absolute atomic E-state index is 8.46. The Balaban J connectivity index is 0. The molecule has 1 N–H and O–H groups in total. The van der Waals surface area contributed by atoms with Crippen LogP contribution in [-0.4, -0.2) is 46.5 Å². The molecule has 0 saturated heterocycles. The van der Waals surface area contributed by atoms with E-state index >= 15 is 0 Å². The first-order valence-corrected chi connectivity index (χ1v) is 1.15. The summed E-state index contributed by atoms with van der Waals surface area (Å²) in [6.45, 7) is 0. The third kappa shape index (κ3) is 10.1. The average Bonchev–Trinajstić information content (AvgIpc) is 0.918. The van der Waals surface area contributed by atoms with Crippen LogP contribution in [0.5, 0.6) is 0 Å². The van der Waals surface area contributed by atoms with Crippen molar-refractivity contribution in [2.75, 3.05) is 0 Å². The van der Waals surface area contributed by atoms with Gasteiger partial charge in [-0.25, -0.2) is 4.21 Å². The average molecular weight is 108 g/mol. The van der Waals surface area contributed by atoms with Crippen molar-refractivity contribution >= 4 is 49.7 Å². The van der Waals surface area contributed by atoms with E-state index in [1.165, 1.54) is 0 Å². The zero-order valence-electron chi connectivity index (χ0n) is 1.30. The summed E-state index contributed by atoms with van der Waals surface area (Å²) in [5.74, 6) is 0. The summed E-state index contributed by atoms with van der Waals surface area (Å²) >= 11 is -0.833. The van der Waals surface area contributed by atoms with E-state index in [1.54, 1.807) is 0 Å². The molecule has 0 fully saturated rings. The van der Waals surface area contributed by atoms with Gasteiger partial charge in [-0.2, -0.15) is 0 Å². The molecule has 0 aliphatic rings. The molecule has 0 rings (SSSR count). The predicted molar refractivity (Wildman–Crippen MR) is 20.7 cm³/mol. The second-order valence-electron chi connectivity index (χ2n) is 0.0816. The molecule has 0 spiro atoms. The van der Waals surface area contributed by atoms with Crippen LogP contribution in [0.25, 0.3) is 0 Å². The van der Waals surface area contributed by atoms with Gasteiger partial charge in [-0.1, -0.05) is 0 Å². The molecule has 0 aliphatic carbocycles. The van der Waals surface area contributed by atoms with Gasteiger partial charge in [0.25, 0.3) is 0 Å². The Hall–Kier alpha value is 1.37. The number of hydrogen-bond donors (Lipinski definition) is 2. The van der Waals surface area contributed by atoms with E-state index in [2.05, 4.69) is 0 Å². The molecule has 0 aromatic heterocycles. The van der Waals surface area contributed by atoms with Crippen molar-refractivity contribution in [1.29, 1.82) is 0 Å². The van der Waals surface area contributed by atoms with Crippen LogP contribution >= 0.6 is 0 Å². The van der Waals surface area contributed by atoms with Crippen LogP contribution in [0, 0.1) is 0 Å². The van der Waals surface area contributed by atoms with E-state index in [4.69, 9.17) is 8.76 Å². The van der Waals surface area contributed by atoms with E-state index in [1.807, 2.05) is 0 Å². The summed E-state index contributed by atoms with van der Waals surface area (Å²) in [5.41, 5.74) is 0. The van der Waals surface area contributed by atoms with Crippen LogP contribution in [0.4, 0.5) is 0 Å². The molecule has 2 nitrogen and oxygen atoms in total. The Morgan fingerprint density at radius 2 is 1.75 bits per heavy atom. The molecule has 0 aromatic rings. The summed E-state index contributed by atoms with van der Waals surface area (Å²) < 4.78 is 15.4. The molecule has 24 valence electrons. The topological polar surface area (TPSA) is 37.3 Å². The number of hydrogen-bond acceptors (Lipinski definition) is 1. The second kappa shape index (κ2) is 8.84. The van der Waals surface area contributed by atoms with Crippen LogP contribution in [0.2, 0.25) is 0 Å².